The number of nitrogens with one attached hydrogen (secondary N) is 1. The van der Waals surface area contributed by atoms with Gasteiger partial charge in [0, 0.05) is 44.7 Å². The van der Waals surface area contributed by atoms with Gasteiger partial charge in [0.1, 0.15) is 6.04 Å². The molecule has 34 heavy (non-hydrogen) atoms. The summed E-state index contributed by atoms with van der Waals surface area (Å²) in [7, 11) is 0. The second-order valence-electron chi connectivity index (χ2n) is 8.01. The SMILES string of the molecule is O=C(N[C@@H](Cc1ccc([N+](=O)[O-])cc1)C(=O)N1CCOCC1)N(CCO)CCc1ccccc1. The summed E-state index contributed by atoms with van der Waals surface area (Å²) in [6.07, 6.45) is 0.796. The minimum atomic E-state index is -0.857. The first-order chi connectivity index (χ1) is 16.5. The number of rotatable bonds is 10. The van der Waals surface area contributed by atoms with E-state index in [0.717, 1.165) is 5.56 Å². The summed E-state index contributed by atoms with van der Waals surface area (Å²) in [4.78, 5) is 40.0. The molecule has 0 aliphatic carbocycles. The van der Waals surface area contributed by atoms with Gasteiger partial charge in [0.15, 0.2) is 0 Å². The van der Waals surface area contributed by atoms with Crippen LogP contribution in [-0.4, -0.2) is 83.8 Å². The van der Waals surface area contributed by atoms with E-state index in [1.807, 2.05) is 30.3 Å². The van der Waals surface area contributed by atoms with Gasteiger partial charge < -0.3 is 25.0 Å². The van der Waals surface area contributed by atoms with Gasteiger partial charge in [0.25, 0.3) is 5.69 Å². The first kappa shape index (κ1) is 25.1. The van der Waals surface area contributed by atoms with E-state index in [0.29, 0.717) is 44.8 Å². The van der Waals surface area contributed by atoms with E-state index >= 15 is 0 Å². The van der Waals surface area contributed by atoms with Crippen LogP contribution >= 0.6 is 0 Å². The summed E-state index contributed by atoms with van der Waals surface area (Å²) < 4.78 is 5.33. The number of aliphatic hydroxyl groups is 1. The van der Waals surface area contributed by atoms with Crippen molar-refractivity contribution in [3.8, 4) is 0 Å². The number of aliphatic hydroxyl groups excluding tert-OH is 1. The van der Waals surface area contributed by atoms with E-state index in [1.54, 1.807) is 17.0 Å². The number of hydrogen-bond acceptors (Lipinski definition) is 6. The minimum Gasteiger partial charge on any atom is -0.395 e. The van der Waals surface area contributed by atoms with Crippen molar-refractivity contribution in [2.45, 2.75) is 18.9 Å². The first-order valence-electron chi connectivity index (χ1n) is 11.3. The van der Waals surface area contributed by atoms with Crippen molar-refractivity contribution in [1.29, 1.82) is 0 Å². The van der Waals surface area contributed by atoms with Gasteiger partial charge in [-0.05, 0) is 17.5 Å². The average molecular weight is 471 g/mol. The normalized spacial score (nSPS) is 14.3. The van der Waals surface area contributed by atoms with Crippen LogP contribution in [0.25, 0.3) is 0 Å². The van der Waals surface area contributed by atoms with Crippen molar-refractivity contribution in [1.82, 2.24) is 15.1 Å². The van der Waals surface area contributed by atoms with E-state index < -0.39 is 17.0 Å². The van der Waals surface area contributed by atoms with E-state index in [1.165, 1.54) is 17.0 Å². The molecule has 1 aliphatic rings. The fraction of sp³-hybridized carbons (Fsp3) is 0.417. The van der Waals surface area contributed by atoms with Gasteiger partial charge >= 0.3 is 6.03 Å². The Labute approximate surface area is 198 Å². The number of carbonyl (C=O) groups is 2. The smallest absolute Gasteiger partial charge is 0.318 e. The largest absolute Gasteiger partial charge is 0.395 e. The molecule has 0 saturated carbocycles. The minimum absolute atomic E-state index is 0.0427. The third-order valence-corrected chi connectivity index (χ3v) is 5.68. The number of nitrogens with zero attached hydrogens (tertiary/aromatic N) is 3. The Morgan fingerprint density at radius 2 is 1.74 bits per heavy atom. The first-order valence-corrected chi connectivity index (χ1v) is 11.3. The summed E-state index contributed by atoms with van der Waals surface area (Å²) in [6.45, 7) is 2.03. The topological polar surface area (TPSA) is 125 Å². The van der Waals surface area contributed by atoms with Gasteiger partial charge in [-0.1, -0.05) is 42.5 Å². The van der Waals surface area contributed by atoms with Crippen molar-refractivity contribution < 1.29 is 24.4 Å². The number of nitro groups is 1. The van der Waals surface area contributed by atoms with E-state index in [2.05, 4.69) is 5.32 Å². The average Bonchev–Trinajstić information content (AvgIpc) is 2.87. The summed E-state index contributed by atoms with van der Waals surface area (Å²) in [6, 6.07) is 14.3. The molecule has 10 nitrogen and oxygen atoms in total. The van der Waals surface area contributed by atoms with Crippen molar-refractivity contribution in [3.63, 3.8) is 0 Å². The molecular formula is C24H30N4O6. The lowest BCUT2D eigenvalue weighted by Gasteiger charge is -2.32. The Bertz CT molecular complexity index is 948. The van der Waals surface area contributed by atoms with Gasteiger partial charge in [-0.25, -0.2) is 4.79 Å². The molecule has 0 spiro atoms. The zero-order valence-electron chi connectivity index (χ0n) is 19.0. The Morgan fingerprint density at radius 3 is 2.35 bits per heavy atom. The molecule has 10 heteroatoms. The number of morpholine rings is 1. The molecule has 2 aromatic rings. The third-order valence-electron chi connectivity index (χ3n) is 5.68. The van der Waals surface area contributed by atoms with Gasteiger partial charge in [0.05, 0.1) is 24.7 Å². The van der Waals surface area contributed by atoms with Gasteiger partial charge in [-0.3, -0.25) is 14.9 Å². The van der Waals surface area contributed by atoms with Crippen LogP contribution in [0.2, 0.25) is 0 Å². The molecule has 3 rings (SSSR count). The zero-order chi connectivity index (χ0) is 24.3. The maximum Gasteiger partial charge on any atom is 0.318 e. The fourth-order valence-electron chi connectivity index (χ4n) is 3.78. The zero-order valence-corrected chi connectivity index (χ0v) is 19.0. The molecule has 0 aromatic heterocycles. The second-order valence-corrected chi connectivity index (χ2v) is 8.01. The van der Waals surface area contributed by atoms with Crippen LogP contribution in [0.4, 0.5) is 10.5 Å². The quantitative estimate of drug-likeness (QED) is 0.401. The highest BCUT2D eigenvalue weighted by molar-refractivity contribution is 5.87. The number of amides is 3. The monoisotopic (exact) mass is 470 g/mol. The molecule has 1 fully saturated rings. The molecule has 1 heterocycles. The molecule has 0 unspecified atom stereocenters. The molecule has 182 valence electrons. The van der Waals surface area contributed by atoms with Crippen molar-refractivity contribution in [2.24, 2.45) is 0 Å². The van der Waals surface area contributed by atoms with Crippen LogP contribution in [0.1, 0.15) is 11.1 Å². The van der Waals surface area contributed by atoms with Gasteiger partial charge in [-0.2, -0.15) is 0 Å². The predicted molar refractivity (Wildman–Crippen MR) is 125 cm³/mol. The predicted octanol–water partition coefficient (Wildman–Crippen LogP) is 1.61. The van der Waals surface area contributed by atoms with Crippen molar-refractivity contribution in [2.75, 3.05) is 46.0 Å². The highest BCUT2D eigenvalue weighted by Gasteiger charge is 2.29. The maximum absolute atomic E-state index is 13.3. The second kappa shape index (κ2) is 12.7. The van der Waals surface area contributed by atoms with Crippen LogP contribution in [0.3, 0.4) is 0 Å². The number of benzene rings is 2. The van der Waals surface area contributed by atoms with Gasteiger partial charge in [0.2, 0.25) is 5.91 Å². The standard InChI is InChI=1S/C24H30N4O6/c29-15-12-27(11-10-19-4-2-1-3-5-19)24(31)25-22(23(30)26-13-16-34-17-14-26)18-20-6-8-21(9-7-20)28(32)33/h1-9,22,29H,10-18H2,(H,25,31)/t22-/m0/s1. The lowest BCUT2D eigenvalue weighted by molar-refractivity contribution is -0.384. The highest BCUT2D eigenvalue weighted by Crippen LogP contribution is 2.15. The highest BCUT2D eigenvalue weighted by atomic mass is 16.6. The Kier molecular flexibility index (Phi) is 9.36. The van der Waals surface area contributed by atoms with Crippen LogP contribution < -0.4 is 5.32 Å². The Morgan fingerprint density at radius 1 is 1.06 bits per heavy atom. The molecule has 1 aliphatic heterocycles. The number of carbonyl (C=O) groups excluding carboxylic acids is 2. The van der Waals surface area contributed by atoms with Crippen molar-refractivity contribution >= 4 is 17.6 Å². The lowest BCUT2D eigenvalue weighted by atomic mass is 10.0. The molecule has 2 N–H and O–H groups in total. The molecule has 3 amide bonds. The maximum atomic E-state index is 13.3. The molecule has 1 atom stereocenters. The Balaban J connectivity index is 1.72. The molecule has 0 radical (unpaired) electrons. The van der Waals surface area contributed by atoms with E-state index in [-0.39, 0.29) is 31.2 Å². The number of non-ortho nitro benzene ring substituents is 1. The van der Waals surface area contributed by atoms with E-state index in [4.69, 9.17) is 4.74 Å². The van der Waals surface area contributed by atoms with Crippen LogP contribution in [0.5, 0.6) is 0 Å². The fourth-order valence-corrected chi connectivity index (χ4v) is 3.78. The van der Waals surface area contributed by atoms with Crippen LogP contribution in [-0.2, 0) is 22.4 Å². The number of ether oxygens (including phenoxy) is 1. The third kappa shape index (κ3) is 7.26. The van der Waals surface area contributed by atoms with E-state index in [9.17, 15) is 24.8 Å². The number of hydrogen-bond donors (Lipinski definition) is 2. The molecule has 2 aromatic carbocycles. The summed E-state index contributed by atoms with van der Waals surface area (Å²) in [5.41, 5.74) is 1.71. The summed E-state index contributed by atoms with van der Waals surface area (Å²) in [5.74, 6) is -0.234. The summed E-state index contributed by atoms with van der Waals surface area (Å²) in [5, 5.41) is 23.2. The summed E-state index contributed by atoms with van der Waals surface area (Å²) >= 11 is 0. The number of urea groups is 1. The van der Waals surface area contributed by atoms with Crippen molar-refractivity contribution in [3.05, 3.63) is 75.8 Å². The van der Waals surface area contributed by atoms with Gasteiger partial charge in [-0.15, -0.1) is 0 Å². The Hall–Kier alpha value is -3.50. The molecule has 0 bridgehead atoms. The van der Waals surface area contributed by atoms with Crippen LogP contribution in [0, 0.1) is 10.1 Å². The molecule has 1 saturated heterocycles. The lowest BCUT2D eigenvalue weighted by Crippen LogP contribution is -2.55. The van der Waals surface area contributed by atoms with Crippen LogP contribution in [0.15, 0.2) is 54.6 Å². The molecular weight excluding hydrogens is 440 g/mol. The number of nitro benzene ring substituents is 1.